The molecule has 140 valence electrons. The summed E-state index contributed by atoms with van der Waals surface area (Å²) < 4.78 is 0. The van der Waals surface area contributed by atoms with Gasteiger partial charge in [0.2, 0.25) is 0 Å². The number of aryl methyl sites for hydroxylation is 2. The molecule has 0 saturated carbocycles. The van der Waals surface area contributed by atoms with Crippen LogP contribution in [0.2, 0.25) is 0 Å². The molecule has 0 saturated heterocycles. The number of nitriles is 2. The van der Waals surface area contributed by atoms with Crippen molar-refractivity contribution in [3.8, 4) is 12.1 Å². The molecule has 0 spiro atoms. The molecule has 1 heterocycles. The molecule has 3 atom stereocenters. The van der Waals surface area contributed by atoms with Gasteiger partial charge in [-0.15, -0.1) is 0 Å². The molecular weight excluding hydrogens is 384 g/mol. The Kier molecular flexibility index (Phi) is 5.47. The summed E-state index contributed by atoms with van der Waals surface area (Å²) in [7, 11) is 0. The second-order valence-electron chi connectivity index (χ2n) is 6.99. The van der Waals surface area contributed by atoms with Gasteiger partial charge in [0.05, 0.1) is 33.0 Å². The molecule has 6 heteroatoms. The maximum absolute atomic E-state index is 10.4. The highest BCUT2D eigenvalue weighted by Gasteiger charge is 2.55. The number of allylic oxidation sites excluding steroid dienone is 1. The van der Waals surface area contributed by atoms with Gasteiger partial charge in [-0.2, -0.15) is 10.5 Å². The lowest BCUT2D eigenvalue weighted by atomic mass is 9.65. The number of nitrogens with two attached hydrogens (primary N) is 2. The van der Waals surface area contributed by atoms with Crippen LogP contribution in [0.25, 0.3) is 0 Å². The number of hydrogen-bond acceptors (Lipinski definition) is 5. The van der Waals surface area contributed by atoms with Gasteiger partial charge in [0.25, 0.3) is 0 Å². The van der Waals surface area contributed by atoms with Crippen LogP contribution < -0.4 is 11.5 Å². The summed E-state index contributed by atoms with van der Waals surface area (Å²) in [6.45, 7) is 3.98. The Bertz CT molecular complexity index is 1030. The monoisotopic (exact) mass is 404 g/mol. The van der Waals surface area contributed by atoms with Gasteiger partial charge >= 0.3 is 0 Å². The van der Waals surface area contributed by atoms with Gasteiger partial charge in [0.15, 0.2) is 0 Å². The molecule has 0 amide bonds. The van der Waals surface area contributed by atoms with E-state index in [0.29, 0.717) is 10.6 Å². The van der Waals surface area contributed by atoms with Gasteiger partial charge in [0, 0.05) is 5.92 Å². The third kappa shape index (κ3) is 3.16. The molecule has 0 unspecified atom stereocenters. The smallest absolute Gasteiger partial charge is 0.135 e. The van der Waals surface area contributed by atoms with E-state index in [1.54, 1.807) is 0 Å². The van der Waals surface area contributed by atoms with E-state index in [4.69, 9.17) is 23.7 Å². The normalized spacial score (nSPS) is 24.3. The van der Waals surface area contributed by atoms with Crippen LogP contribution in [0.4, 0.5) is 0 Å². The summed E-state index contributed by atoms with van der Waals surface area (Å²) in [6, 6.07) is 20.2. The van der Waals surface area contributed by atoms with Gasteiger partial charge in [-0.3, -0.25) is 0 Å². The van der Waals surface area contributed by atoms with Crippen LogP contribution in [-0.2, 0) is 0 Å². The van der Waals surface area contributed by atoms with Crippen molar-refractivity contribution < 1.29 is 0 Å². The van der Waals surface area contributed by atoms with Gasteiger partial charge < -0.3 is 11.5 Å². The predicted molar refractivity (Wildman–Crippen MR) is 117 cm³/mol. The van der Waals surface area contributed by atoms with Crippen molar-refractivity contribution in [1.82, 2.24) is 0 Å². The first kappa shape index (κ1) is 19.9. The minimum absolute atomic E-state index is 0.0684. The zero-order valence-corrected chi connectivity index (χ0v) is 17.3. The molecule has 2 aromatic carbocycles. The lowest BCUT2D eigenvalue weighted by Crippen LogP contribution is -2.47. The highest BCUT2D eigenvalue weighted by Crippen LogP contribution is 2.60. The molecule has 1 aliphatic heterocycles. The van der Waals surface area contributed by atoms with Gasteiger partial charge in [0.1, 0.15) is 5.41 Å². The summed E-state index contributed by atoms with van der Waals surface area (Å²) in [5, 5.41) is 20.2. The van der Waals surface area contributed by atoms with E-state index in [9.17, 15) is 10.5 Å². The van der Waals surface area contributed by atoms with Gasteiger partial charge in [-0.1, -0.05) is 83.6 Å². The van der Waals surface area contributed by atoms with E-state index in [0.717, 1.165) is 22.3 Å². The van der Waals surface area contributed by atoms with Crippen LogP contribution in [0.1, 0.15) is 33.4 Å². The second kappa shape index (κ2) is 7.67. The Labute approximate surface area is 174 Å². The van der Waals surface area contributed by atoms with Crippen molar-refractivity contribution >= 4 is 29.0 Å². The van der Waals surface area contributed by atoms with Gasteiger partial charge in [-0.05, 0) is 25.0 Å². The molecule has 0 fully saturated rings. The first-order valence-electron chi connectivity index (χ1n) is 8.75. The summed E-state index contributed by atoms with van der Waals surface area (Å²) in [5.74, 6) is -0.631. The lowest BCUT2D eigenvalue weighted by molar-refractivity contribution is 0.462. The number of nitrogens with zero attached hydrogens (tertiary/aromatic N) is 2. The van der Waals surface area contributed by atoms with Crippen molar-refractivity contribution in [3.63, 3.8) is 0 Å². The van der Waals surface area contributed by atoms with E-state index < -0.39 is 16.6 Å². The molecule has 28 heavy (non-hydrogen) atoms. The van der Waals surface area contributed by atoms with Crippen molar-refractivity contribution in [2.45, 2.75) is 25.0 Å². The number of benzene rings is 2. The standard InChI is InChI=1S/C22H20N4S2/c1-13-3-7-15(8-4-13)18-17(11-23)20(25)28-19(22(18,12-24)21(26)27)16-9-5-14(2)6-10-16/h3-10,18-19H,25H2,1-2H3,(H2,26,27)/t18-,19+,22-/m1/s1. The fraction of sp³-hybridized carbons (Fsp3) is 0.227. The molecule has 2 aromatic rings. The van der Waals surface area contributed by atoms with Crippen molar-refractivity contribution in [1.29, 1.82) is 10.5 Å². The topological polar surface area (TPSA) is 99.6 Å². The van der Waals surface area contributed by atoms with E-state index in [1.807, 2.05) is 62.4 Å². The molecule has 4 N–H and O–H groups in total. The maximum Gasteiger partial charge on any atom is 0.135 e. The third-order valence-electron chi connectivity index (χ3n) is 5.17. The van der Waals surface area contributed by atoms with Crippen LogP contribution in [0.5, 0.6) is 0 Å². The van der Waals surface area contributed by atoms with Crippen molar-refractivity contribution in [2.24, 2.45) is 16.9 Å². The summed E-state index contributed by atoms with van der Waals surface area (Å²) >= 11 is 6.73. The number of rotatable bonds is 3. The summed E-state index contributed by atoms with van der Waals surface area (Å²) in [4.78, 5) is 0.0684. The number of thiocarbonyl (C=S) groups is 1. The van der Waals surface area contributed by atoms with E-state index in [-0.39, 0.29) is 4.99 Å². The minimum Gasteiger partial charge on any atom is -0.393 e. The Morgan fingerprint density at radius 2 is 1.50 bits per heavy atom. The Balaban J connectivity index is 2.32. The number of thioether (sulfide) groups is 1. The largest absolute Gasteiger partial charge is 0.393 e. The molecule has 0 aromatic heterocycles. The zero-order chi connectivity index (χ0) is 20.5. The second-order valence-corrected chi connectivity index (χ2v) is 8.57. The van der Waals surface area contributed by atoms with Crippen molar-refractivity contribution in [2.75, 3.05) is 0 Å². The van der Waals surface area contributed by atoms with Crippen LogP contribution in [0.3, 0.4) is 0 Å². The number of hydrogen-bond donors (Lipinski definition) is 2. The molecule has 3 rings (SSSR count). The molecule has 0 aliphatic carbocycles. The third-order valence-corrected chi connectivity index (χ3v) is 6.86. The predicted octanol–water partition coefficient (Wildman–Crippen LogP) is 4.37. The molecule has 4 nitrogen and oxygen atoms in total. The highest BCUT2D eigenvalue weighted by molar-refractivity contribution is 8.03. The fourth-order valence-corrected chi connectivity index (χ4v) is 5.33. The Morgan fingerprint density at radius 3 is 1.93 bits per heavy atom. The molecular formula is C22H20N4S2. The molecule has 0 radical (unpaired) electrons. The fourth-order valence-electron chi connectivity index (χ4n) is 3.63. The SMILES string of the molecule is Cc1ccc([C@@H]2SC(N)=C(C#N)[C@@H](c3ccc(C)cc3)[C@@]2(C#N)C(N)=S)cc1. The average molecular weight is 405 g/mol. The molecule has 1 aliphatic rings. The Morgan fingerprint density at radius 1 is 1.00 bits per heavy atom. The quantitative estimate of drug-likeness (QED) is 0.737. The zero-order valence-electron chi connectivity index (χ0n) is 15.6. The van der Waals surface area contributed by atoms with Crippen LogP contribution in [0.15, 0.2) is 59.1 Å². The first-order chi connectivity index (χ1) is 13.3. The van der Waals surface area contributed by atoms with Crippen molar-refractivity contribution in [3.05, 3.63) is 81.4 Å². The first-order valence-corrected chi connectivity index (χ1v) is 10.0. The maximum atomic E-state index is 10.4. The summed E-state index contributed by atoms with van der Waals surface area (Å²) in [5.41, 5.74) is 15.5. The minimum atomic E-state index is -1.28. The van der Waals surface area contributed by atoms with Crippen LogP contribution in [0, 0.1) is 41.9 Å². The summed E-state index contributed by atoms with van der Waals surface area (Å²) in [6.07, 6.45) is 0. The van der Waals surface area contributed by atoms with Gasteiger partial charge in [-0.25, -0.2) is 0 Å². The lowest BCUT2D eigenvalue weighted by Gasteiger charge is -2.44. The van der Waals surface area contributed by atoms with E-state index >= 15 is 0 Å². The van der Waals surface area contributed by atoms with Crippen LogP contribution >= 0.6 is 24.0 Å². The van der Waals surface area contributed by atoms with Crippen LogP contribution in [-0.4, -0.2) is 4.99 Å². The highest BCUT2D eigenvalue weighted by atomic mass is 32.2. The average Bonchev–Trinajstić information content (AvgIpc) is 2.68. The van der Waals surface area contributed by atoms with E-state index in [2.05, 4.69) is 12.1 Å². The van der Waals surface area contributed by atoms with E-state index in [1.165, 1.54) is 11.8 Å². The Hall–Kier alpha value is -2.80. The molecule has 0 bridgehead atoms.